The lowest BCUT2D eigenvalue weighted by atomic mass is 9.98. The Morgan fingerprint density at radius 1 is 1.19 bits per heavy atom. The van der Waals surface area contributed by atoms with Crippen molar-refractivity contribution in [2.75, 3.05) is 14.2 Å². The second-order valence-electron chi connectivity index (χ2n) is 7.05. The van der Waals surface area contributed by atoms with Gasteiger partial charge in [-0.3, -0.25) is 4.79 Å². The van der Waals surface area contributed by atoms with Crippen LogP contribution in [-0.2, 0) is 4.79 Å². The summed E-state index contributed by atoms with van der Waals surface area (Å²) in [6.45, 7) is 8.15. The molecule has 7 heteroatoms. The first-order valence-electron chi connectivity index (χ1n) is 9.24. The molecule has 2 aromatic rings. The van der Waals surface area contributed by atoms with Crippen LogP contribution in [0.25, 0.3) is 11.4 Å². The van der Waals surface area contributed by atoms with Gasteiger partial charge < -0.3 is 19.3 Å². The highest BCUT2D eigenvalue weighted by Crippen LogP contribution is 2.32. The fourth-order valence-corrected chi connectivity index (χ4v) is 2.74. The van der Waals surface area contributed by atoms with Gasteiger partial charge in [-0.1, -0.05) is 39.3 Å². The first-order valence-corrected chi connectivity index (χ1v) is 9.24. The van der Waals surface area contributed by atoms with Gasteiger partial charge in [0.25, 0.3) is 0 Å². The normalized spacial score (nSPS) is 13.3. The van der Waals surface area contributed by atoms with Crippen LogP contribution in [0.1, 0.15) is 52.5 Å². The van der Waals surface area contributed by atoms with Crippen LogP contribution in [0.15, 0.2) is 22.7 Å². The average molecular weight is 375 g/mol. The van der Waals surface area contributed by atoms with Gasteiger partial charge in [0.1, 0.15) is 6.04 Å². The van der Waals surface area contributed by atoms with Gasteiger partial charge in [-0.2, -0.15) is 4.98 Å². The summed E-state index contributed by atoms with van der Waals surface area (Å²) in [5, 5.41) is 7.13. The summed E-state index contributed by atoms with van der Waals surface area (Å²) < 4.78 is 16.1. The standard InChI is InChI=1S/C20H29N3O4/c1-7-13(4)18(21-17(24)10-12(2)3)20-22-19(23-27-20)14-8-9-15(25-5)16(11-14)26-6/h8-9,11-13,18H,7,10H2,1-6H3,(H,21,24)/t13-,18+/m0/s1. The van der Waals surface area contributed by atoms with E-state index in [9.17, 15) is 4.79 Å². The summed E-state index contributed by atoms with van der Waals surface area (Å²) >= 11 is 0. The number of hydrogen-bond donors (Lipinski definition) is 1. The highest BCUT2D eigenvalue weighted by atomic mass is 16.5. The summed E-state index contributed by atoms with van der Waals surface area (Å²) in [7, 11) is 3.16. The lowest BCUT2D eigenvalue weighted by molar-refractivity contribution is -0.123. The Kier molecular flexibility index (Phi) is 7.21. The van der Waals surface area contributed by atoms with Crippen LogP contribution in [0.2, 0.25) is 0 Å². The third kappa shape index (κ3) is 5.21. The van der Waals surface area contributed by atoms with Crippen molar-refractivity contribution in [2.45, 2.75) is 46.6 Å². The molecule has 1 heterocycles. The smallest absolute Gasteiger partial charge is 0.249 e. The number of rotatable bonds is 9. The molecule has 1 aromatic carbocycles. The molecule has 0 saturated heterocycles. The zero-order valence-electron chi connectivity index (χ0n) is 16.9. The fourth-order valence-electron chi connectivity index (χ4n) is 2.74. The third-order valence-corrected chi connectivity index (χ3v) is 4.47. The van der Waals surface area contributed by atoms with Crippen LogP contribution >= 0.6 is 0 Å². The van der Waals surface area contributed by atoms with E-state index >= 15 is 0 Å². The van der Waals surface area contributed by atoms with Crippen LogP contribution in [0.4, 0.5) is 0 Å². The summed E-state index contributed by atoms with van der Waals surface area (Å²) in [5.74, 6) is 2.51. The van der Waals surface area contributed by atoms with E-state index in [4.69, 9.17) is 14.0 Å². The number of hydrogen-bond acceptors (Lipinski definition) is 6. The molecule has 148 valence electrons. The Bertz CT molecular complexity index is 757. The van der Waals surface area contributed by atoms with E-state index in [1.165, 1.54) is 0 Å². The van der Waals surface area contributed by atoms with E-state index in [2.05, 4.69) is 29.3 Å². The van der Waals surface area contributed by atoms with E-state index in [-0.39, 0.29) is 23.8 Å². The van der Waals surface area contributed by atoms with E-state index in [1.807, 2.05) is 19.9 Å². The average Bonchev–Trinajstić information content (AvgIpc) is 3.14. The number of nitrogens with zero attached hydrogens (tertiary/aromatic N) is 2. The van der Waals surface area contributed by atoms with Crippen molar-refractivity contribution in [3.63, 3.8) is 0 Å². The zero-order valence-corrected chi connectivity index (χ0v) is 16.9. The van der Waals surface area contributed by atoms with Crippen LogP contribution < -0.4 is 14.8 Å². The molecular weight excluding hydrogens is 346 g/mol. The highest BCUT2D eigenvalue weighted by Gasteiger charge is 2.26. The number of ether oxygens (including phenoxy) is 2. The SMILES string of the molecule is CC[C@H](C)[C@@H](NC(=O)CC(C)C)c1nc(-c2ccc(OC)c(OC)c2)no1. The van der Waals surface area contributed by atoms with Crippen molar-refractivity contribution in [1.29, 1.82) is 0 Å². The Labute approximate surface area is 160 Å². The van der Waals surface area contributed by atoms with Crippen molar-refractivity contribution in [1.82, 2.24) is 15.5 Å². The van der Waals surface area contributed by atoms with Gasteiger partial charge in [-0.25, -0.2) is 0 Å². The van der Waals surface area contributed by atoms with Crippen molar-refractivity contribution >= 4 is 5.91 Å². The number of amides is 1. The summed E-state index contributed by atoms with van der Waals surface area (Å²) in [6.07, 6.45) is 1.34. The summed E-state index contributed by atoms with van der Waals surface area (Å²) in [6, 6.07) is 5.11. The van der Waals surface area contributed by atoms with Crippen molar-refractivity contribution in [2.24, 2.45) is 11.8 Å². The molecule has 27 heavy (non-hydrogen) atoms. The van der Waals surface area contributed by atoms with Gasteiger partial charge in [0.15, 0.2) is 11.5 Å². The monoisotopic (exact) mass is 375 g/mol. The van der Waals surface area contributed by atoms with Gasteiger partial charge in [-0.15, -0.1) is 0 Å². The van der Waals surface area contributed by atoms with Crippen LogP contribution in [0, 0.1) is 11.8 Å². The zero-order chi connectivity index (χ0) is 20.0. The maximum Gasteiger partial charge on any atom is 0.249 e. The van der Waals surface area contributed by atoms with Crippen LogP contribution in [0.5, 0.6) is 11.5 Å². The largest absolute Gasteiger partial charge is 0.493 e. The minimum absolute atomic E-state index is 0.0128. The summed E-state index contributed by atoms with van der Waals surface area (Å²) in [4.78, 5) is 16.8. The Hall–Kier alpha value is -2.57. The highest BCUT2D eigenvalue weighted by molar-refractivity contribution is 5.76. The minimum atomic E-state index is -0.317. The number of benzene rings is 1. The second kappa shape index (κ2) is 9.39. The molecular formula is C20H29N3O4. The Morgan fingerprint density at radius 3 is 2.48 bits per heavy atom. The lowest BCUT2D eigenvalue weighted by Gasteiger charge is -2.21. The third-order valence-electron chi connectivity index (χ3n) is 4.47. The number of aromatic nitrogens is 2. The van der Waals surface area contributed by atoms with E-state index < -0.39 is 0 Å². The molecule has 0 saturated carbocycles. The molecule has 1 N–H and O–H groups in total. The molecule has 0 aliphatic heterocycles. The molecule has 1 aromatic heterocycles. The number of nitrogens with one attached hydrogen (secondary N) is 1. The van der Waals surface area contributed by atoms with Crippen molar-refractivity contribution in [3.8, 4) is 22.9 Å². The Balaban J connectivity index is 2.28. The first kappa shape index (κ1) is 20.7. The Morgan fingerprint density at radius 2 is 1.89 bits per heavy atom. The van der Waals surface area contributed by atoms with Crippen LogP contribution in [0.3, 0.4) is 0 Å². The molecule has 0 unspecified atom stereocenters. The van der Waals surface area contributed by atoms with Gasteiger partial charge in [0, 0.05) is 12.0 Å². The molecule has 2 atom stereocenters. The van der Waals surface area contributed by atoms with E-state index in [0.29, 0.717) is 29.6 Å². The molecule has 0 fully saturated rings. The molecule has 0 bridgehead atoms. The minimum Gasteiger partial charge on any atom is -0.493 e. The maximum absolute atomic E-state index is 12.3. The molecule has 0 aliphatic carbocycles. The van der Waals surface area contributed by atoms with Gasteiger partial charge >= 0.3 is 0 Å². The van der Waals surface area contributed by atoms with Crippen molar-refractivity contribution < 1.29 is 18.8 Å². The maximum atomic E-state index is 12.3. The molecule has 1 amide bonds. The van der Waals surface area contributed by atoms with E-state index in [0.717, 1.165) is 12.0 Å². The lowest BCUT2D eigenvalue weighted by Crippen LogP contribution is -2.33. The predicted octanol–water partition coefficient (Wildman–Crippen LogP) is 4.00. The molecule has 7 nitrogen and oxygen atoms in total. The quantitative estimate of drug-likeness (QED) is 0.713. The summed E-state index contributed by atoms with van der Waals surface area (Å²) in [5.41, 5.74) is 0.749. The number of carbonyl (C=O) groups is 1. The molecule has 2 rings (SSSR count). The van der Waals surface area contributed by atoms with Crippen molar-refractivity contribution in [3.05, 3.63) is 24.1 Å². The second-order valence-corrected chi connectivity index (χ2v) is 7.05. The number of carbonyl (C=O) groups excluding carboxylic acids is 1. The topological polar surface area (TPSA) is 86.5 Å². The first-order chi connectivity index (χ1) is 12.9. The molecule has 0 aliphatic rings. The number of methoxy groups -OCH3 is 2. The van der Waals surface area contributed by atoms with Gasteiger partial charge in [0.2, 0.25) is 17.6 Å². The fraction of sp³-hybridized carbons (Fsp3) is 0.550. The molecule has 0 radical (unpaired) electrons. The van der Waals surface area contributed by atoms with Gasteiger partial charge in [0.05, 0.1) is 14.2 Å². The van der Waals surface area contributed by atoms with Gasteiger partial charge in [-0.05, 0) is 30.0 Å². The predicted molar refractivity (Wildman–Crippen MR) is 103 cm³/mol. The van der Waals surface area contributed by atoms with E-state index in [1.54, 1.807) is 26.4 Å². The molecule has 0 spiro atoms. The van der Waals surface area contributed by atoms with Crippen LogP contribution in [-0.4, -0.2) is 30.3 Å².